The molecular formula is C19H26ClN3O3S. The van der Waals surface area contributed by atoms with Crippen LogP contribution in [-0.2, 0) is 10.0 Å². The van der Waals surface area contributed by atoms with E-state index in [0.717, 1.165) is 30.9 Å². The highest BCUT2D eigenvalue weighted by Crippen LogP contribution is 2.29. The Morgan fingerprint density at radius 3 is 2.37 bits per heavy atom. The third kappa shape index (κ3) is 4.71. The molecule has 0 amide bonds. The number of halogens is 1. The molecule has 1 aromatic heterocycles. The van der Waals surface area contributed by atoms with Crippen LogP contribution in [0.25, 0.3) is 11.3 Å². The molecule has 0 spiro atoms. The van der Waals surface area contributed by atoms with E-state index in [1.807, 2.05) is 0 Å². The van der Waals surface area contributed by atoms with Gasteiger partial charge in [-0.05, 0) is 50.3 Å². The van der Waals surface area contributed by atoms with Crippen LogP contribution in [-0.4, -0.2) is 43.4 Å². The molecule has 0 atom stereocenters. The van der Waals surface area contributed by atoms with E-state index in [2.05, 4.69) is 10.3 Å². The fourth-order valence-corrected chi connectivity index (χ4v) is 4.87. The second-order valence-corrected chi connectivity index (χ2v) is 9.24. The molecule has 1 aromatic carbocycles. The van der Waals surface area contributed by atoms with Crippen LogP contribution in [0.5, 0.6) is 0 Å². The Kier molecular flexibility index (Phi) is 6.25. The van der Waals surface area contributed by atoms with Crippen LogP contribution in [0, 0.1) is 12.8 Å². The van der Waals surface area contributed by atoms with E-state index >= 15 is 0 Å². The predicted octanol–water partition coefficient (Wildman–Crippen LogP) is 3.22. The minimum Gasteiger partial charge on any atom is -0.449 e. The fourth-order valence-electron chi connectivity index (χ4n) is 3.40. The van der Waals surface area contributed by atoms with Crippen LogP contribution in [0.2, 0.25) is 0 Å². The van der Waals surface area contributed by atoms with Crippen molar-refractivity contribution in [1.29, 1.82) is 0 Å². The fraction of sp³-hybridized carbons (Fsp3) is 0.526. The van der Waals surface area contributed by atoms with E-state index in [1.54, 1.807) is 41.8 Å². The lowest BCUT2D eigenvalue weighted by Gasteiger charge is -2.31. The molecule has 27 heavy (non-hydrogen) atoms. The van der Waals surface area contributed by atoms with Crippen LogP contribution in [0.1, 0.15) is 31.6 Å². The van der Waals surface area contributed by atoms with Crippen molar-refractivity contribution in [3.63, 3.8) is 0 Å². The number of hydrogen-bond acceptors (Lipinski definition) is 5. The van der Waals surface area contributed by atoms with Crippen LogP contribution in [0.3, 0.4) is 0 Å². The van der Waals surface area contributed by atoms with Gasteiger partial charge in [0.25, 0.3) is 0 Å². The SMILES string of the molecule is Cc1nc(-c2ccc(S(=O)(=O)N3CCC(NCC4CC4)CC3)cc2)co1.Cl. The molecule has 1 saturated carbocycles. The van der Waals surface area contributed by atoms with Gasteiger partial charge in [0.2, 0.25) is 10.0 Å². The van der Waals surface area contributed by atoms with Gasteiger partial charge in [-0.2, -0.15) is 4.31 Å². The van der Waals surface area contributed by atoms with Gasteiger partial charge in [0.15, 0.2) is 5.89 Å². The van der Waals surface area contributed by atoms with Crippen molar-refractivity contribution in [2.45, 2.75) is 43.5 Å². The lowest BCUT2D eigenvalue weighted by Crippen LogP contribution is -2.45. The summed E-state index contributed by atoms with van der Waals surface area (Å²) in [5.74, 6) is 1.44. The highest BCUT2D eigenvalue weighted by molar-refractivity contribution is 7.89. The average molecular weight is 412 g/mol. The first kappa shape index (κ1) is 20.3. The molecule has 1 N–H and O–H groups in total. The molecule has 6 nitrogen and oxygen atoms in total. The summed E-state index contributed by atoms with van der Waals surface area (Å²) in [7, 11) is -3.44. The van der Waals surface area contributed by atoms with E-state index in [4.69, 9.17) is 4.42 Å². The Balaban J connectivity index is 0.00000210. The van der Waals surface area contributed by atoms with Crippen LogP contribution < -0.4 is 5.32 Å². The molecule has 0 unspecified atom stereocenters. The minimum absolute atomic E-state index is 0. The summed E-state index contributed by atoms with van der Waals surface area (Å²) in [6.45, 7) is 4.02. The quantitative estimate of drug-likeness (QED) is 0.789. The molecule has 4 rings (SSSR count). The molecule has 0 radical (unpaired) electrons. The largest absolute Gasteiger partial charge is 0.449 e. The molecule has 148 valence electrons. The molecule has 2 aliphatic rings. The Morgan fingerprint density at radius 1 is 1.15 bits per heavy atom. The van der Waals surface area contributed by atoms with Gasteiger partial charge < -0.3 is 9.73 Å². The summed E-state index contributed by atoms with van der Waals surface area (Å²) in [5, 5.41) is 3.59. The van der Waals surface area contributed by atoms with Gasteiger partial charge >= 0.3 is 0 Å². The number of benzene rings is 1. The van der Waals surface area contributed by atoms with Crippen molar-refractivity contribution in [3.05, 3.63) is 36.4 Å². The molecule has 0 bridgehead atoms. The maximum absolute atomic E-state index is 12.9. The first-order valence-corrected chi connectivity index (χ1v) is 10.7. The van der Waals surface area contributed by atoms with E-state index < -0.39 is 10.0 Å². The van der Waals surface area contributed by atoms with Gasteiger partial charge in [0.05, 0.1) is 4.90 Å². The zero-order chi connectivity index (χ0) is 18.1. The van der Waals surface area contributed by atoms with Crippen molar-refractivity contribution < 1.29 is 12.8 Å². The number of nitrogens with zero attached hydrogens (tertiary/aromatic N) is 2. The lowest BCUT2D eigenvalue weighted by atomic mass is 10.1. The van der Waals surface area contributed by atoms with Crippen molar-refractivity contribution in [1.82, 2.24) is 14.6 Å². The van der Waals surface area contributed by atoms with E-state index in [1.165, 1.54) is 12.8 Å². The Labute approximate surface area is 166 Å². The van der Waals surface area contributed by atoms with Crippen molar-refractivity contribution >= 4 is 22.4 Å². The summed E-state index contributed by atoms with van der Waals surface area (Å²) >= 11 is 0. The van der Waals surface area contributed by atoms with Crippen molar-refractivity contribution in [3.8, 4) is 11.3 Å². The summed E-state index contributed by atoms with van der Waals surface area (Å²) < 4.78 is 32.6. The summed E-state index contributed by atoms with van der Waals surface area (Å²) in [6, 6.07) is 7.33. The molecular weight excluding hydrogens is 386 g/mol. The zero-order valence-electron chi connectivity index (χ0n) is 15.4. The number of piperidine rings is 1. The van der Waals surface area contributed by atoms with Crippen molar-refractivity contribution in [2.75, 3.05) is 19.6 Å². The lowest BCUT2D eigenvalue weighted by molar-refractivity contribution is 0.288. The topological polar surface area (TPSA) is 75.4 Å². The summed E-state index contributed by atoms with van der Waals surface area (Å²) in [5.41, 5.74) is 1.57. The highest BCUT2D eigenvalue weighted by Gasteiger charge is 2.30. The summed E-state index contributed by atoms with van der Waals surface area (Å²) in [4.78, 5) is 4.61. The Bertz CT molecular complexity index is 855. The number of oxazole rings is 1. The smallest absolute Gasteiger partial charge is 0.243 e. The standard InChI is InChI=1S/C19H25N3O3S.ClH/c1-14-21-19(13-25-14)16-4-6-18(7-5-16)26(23,24)22-10-8-17(9-11-22)20-12-15-2-3-15;/h4-7,13,15,17,20H,2-3,8-12H2,1H3;1H. The number of nitrogens with one attached hydrogen (secondary N) is 1. The van der Waals surface area contributed by atoms with Gasteiger partial charge in [-0.15, -0.1) is 12.4 Å². The third-order valence-corrected chi connectivity index (χ3v) is 7.17. The molecule has 2 aromatic rings. The second kappa shape index (κ2) is 8.31. The van der Waals surface area contributed by atoms with Gasteiger partial charge in [-0.1, -0.05) is 12.1 Å². The van der Waals surface area contributed by atoms with Gasteiger partial charge in [0, 0.05) is 31.6 Å². The number of hydrogen-bond donors (Lipinski definition) is 1. The molecule has 2 fully saturated rings. The van der Waals surface area contributed by atoms with E-state index in [-0.39, 0.29) is 12.4 Å². The van der Waals surface area contributed by atoms with Crippen LogP contribution in [0.4, 0.5) is 0 Å². The normalized spacial score (nSPS) is 19.0. The molecule has 1 aliphatic carbocycles. The monoisotopic (exact) mass is 411 g/mol. The molecule has 1 saturated heterocycles. The zero-order valence-corrected chi connectivity index (χ0v) is 17.1. The highest BCUT2D eigenvalue weighted by atomic mass is 35.5. The number of aryl methyl sites for hydroxylation is 1. The number of rotatable bonds is 6. The molecule has 2 heterocycles. The maximum atomic E-state index is 12.9. The Morgan fingerprint density at radius 2 is 1.81 bits per heavy atom. The Hall–Kier alpha value is -1.41. The molecule has 8 heteroatoms. The van der Waals surface area contributed by atoms with Crippen molar-refractivity contribution in [2.24, 2.45) is 5.92 Å². The van der Waals surface area contributed by atoms with Gasteiger partial charge in [0.1, 0.15) is 12.0 Å². The average Bonchev–Trinajstić information content (AvgIpc) is 3.39. The second-order valence-electron chi connectivity index (χ2n) is 7.31. The number of aromatic nitrogens is 1. The molecule has 1 aliphatic heterocycles. The van der Waals surface area contributed by atoms with Gasteiger partial charge in [-0.3, -0.25) is 0 Å². The first-order valence-electron chi connectivity index (χ1n) is 9.28. The summed E-state index contributed by atoms with van der Waals surface area (Å²) in [6.07, 6.45) is 6.01. The number of sulfonamides is 1. The van der Waals surface area contributed by atoms with Crippen LogP contribution >= 0.6 is 12.4 Å². The maximum Gasteiger partial charge on any atom is 0.243 e. The van der Waals surface area contributed by atoms with E-state index in [9.17, 15) is 8.42 Å². The first-order chi connectivity index (χ1) is 12.5. The van der Waals surface area contributed by atoms with E-state index in [0.29, 0.717) is 35.6 Å². The minimum atomic E-state index is -3.44. The third-order valence-electron chi connectivity index (χ3n) is 5.25. The predicted molar refractivity (Wildman–Crippen MR) is 106 cm³/mol. The van der Waals surface area contributed by atoms with Crippen LogP contribution in [0.15, 0.2) is 39.8 Å². The van der Waals surface area contributed by atoms with Gasteiger partial charge in [-0.25, -0.2) is 13.4 Å².